The SMILES string of the molecule is CCCC(C)COc1c(/C=C/C(=O)O)cc(Cl)cc1OC. The van der Waals surface area contributed by atoms with Crippen LogP contribution in [0.25, 0.3) is 6.08 Å². The van der Waals surface area contributed by atoms with Crippen molar-refractivity contribution in [2.45, 2.75) is 26.7 Å². The summed E-state index contributed by atoms with van der Waals surface area (Å²) in [5.41, 5.74) is 0.588. The fourth-order valence-corrected chi connectivity index (χ4v) is 2.20. The quantitative estimate of drug-likeness (QED) is 0.729. The lowest BCUT2D eigenvalue weighted by Gasteiger charge is -2.17. The third-order valence-corrected chi connectivity index (χ3v) is 3.19. The molecule has 0 heterocycles. The summed E-state index contributed by atoms with van der Waals surface area (Å²) >= 11 is 6.01. The molecule has 1 unspecified atom stereocenters. The largest absolute Gasteiger partial charge is 0.493 e. The second-order valence-electron chi connectivity index (χ2n) is 4.90. The van der Waals surface area contributed by atoms with Crippen LogP contribution in [0.2, 0.25) is 5.02 Å². The van der Waals surface area contributed by atoms with Gasteiger partial charge in [0.2, 0.25) is 0 Å². The van der Waals surface area contributed by atoms with Gasteiger partial charge in [-0.2, -0.15) is 0 Å². The molecule has 0 aliphatic rings. The molecule has 1 rings (SSSR count). The third kappa shape index (κ3) is 5.68. The summed E-state index contributed by atoms with van der Waals surface area (Å²) in [5.74, 6) is 0.393. The molecule has 1 aromatic carbocycles. The predicted molar refractivity (Wildman–Crippen MR) is 84.2 cm³/mol. The average Bonchev–Trinajstić information content (AvgIpc) is 2.43. The summed E-state index contributed by atoms with van der Waals surface area (Å²) in [6, 6.07) is 3.31. The molecular weight excluding hydrogens is 292 g/mol. The first-order valence-electron chi connectivity index (χ1n) is 6.89. The standard InChI is InChI=1S/C16H21ClO4/c1-4-5-11(2)10-21-16-12(6-7-15(18)19)8-13(17)9-14(16)20-3/h6-9,11H,4-5,10H2,1-3H3,(H,18,19)/b7-6+. The average molecular weight is 313 g/mol. The van der Waals surface area contributed by atoms with Crippen molar-refractivity contribution in [3.8, 4) is 11.5 Å². The molecule has 0 aliphatic heterocycles. The van der Waals surface area contributed by atoms with E-state index in [1.165, 1.54) is 13.2 Å². The van der Waals surface area contributed by atoms with Crippen LogP contribution in [0.3, 0.4) is 0 Å². The van der Waals surface area contributed by atoms with Gasteiger partial charge in [0.25, 0.3) is 0 Å². The van der Waals surface area contributed by atoms with Crippen molar-refractivity contribution in [2.75, 3.05) is 13.7 Å². The highest BCUT2D eigenvalue weighted by atomic mass is 35.5. The van der Waals surface area contributed by atoms with E-state index in [4.69, 9.17) is 26.2 Å². The molecule has 1 atom stereocenters. The van der Waals surface area contributed by atoms with E-state index in [1.54, 1.807) is 12.1 Å². The first kappa shape index (κ1) is 17.4. The molecule has 0 saturated carbocycles. The number of rotatable bonds is 8. The molecule has 0 bridgehead atoms. The lowest BCUT2D eigenvalue weighted by Crippen LogP contribution is -2.09. The summed E-state index contributed by atoms with van der Waals surface area (Å²) < 4.78 is 11.1. The molecule has 0 spiro atoms. The lowest BCUT2D eigenvalue weighted by molar-refractivity contribution is -0.131. The van der Waals surface area contributed by atoms with Crippen molar-refractivity contribution >= 4 is 23.6 Å². The van der Waals surface area contributed by atoms with E-state index in [0.717, 1.165) is 18.9 Å². The van der Waals surface area contributed by atoms with Gasteiger partial charge >= 0.3 is 5.97 Å². The van der Waals surface area contributed by atoms with E-state index < -0.39 is 5.97 Å². The molecule has 0 radical (unpaired) electrons. The van der Waals surface area contributed by atoms with Crippen molar-refractivity contribution in [3.63, 3.8) is 0 Å². The normalized spacial score (nSPS) is 12.4. The molecule has 0 amide bonds. The van der Waals surface area contributed by atoms with Gasteiger partial charge in [-0.3, -0.25) is 0 Å². The van der Waals surface area contributed by atoms with Crippen LogP contribution in [-0.4, -0.2) is 24.8 Å². The summed E-state index contributed by atoms with van der Waals surface area (Å²) in [5, 5.41) is 9.22. The Bertz CT molecular complexity index is 511. The zero-order valence-corrected chi connectivity index (χ0v) is 13.3. The number of halogens is 1. The summed E-state index contributed by atoms with van der Waals surface area (Å²) in [4.78, 5) is 10.7. The smallest absolute Gasteiger partial charge is 0.328 e. The number of hydrogen-bond donors (Lipinski definition) is 1. The molecule has 5 heteroatoms. The van der Waals surface area contributed by atoms with Crippen LogP contribution in [0, 0.1) is 5.92 Å². The third-order valence-electron chi connectivity index (χ3n) is 2.97. The van der Waals surface area contributed by atoms with Crippen molar-refractivity contribution in [1.29, 1.82) is 0 Å². The zero-order chi connectivity index (χ0) is 15.8. The van der Waals surface area contributed by atoms with Gasteiger partial charge in [0, 0.05) is 22.7 Å². The molecule has 0 aliphatic carbocycles. The number of carbonyl (C=O) groups is 1. The van der Waals surface area contributed by atoms with Crippen LogP contribution in [-0.2, 0) is 4.79 Å². The second-order valence-corrected chi connectivity index (χ2v) is 5.34. The summed E-state index contributed by atoms with van der Waals surface area (Å²) in [7, 11) is 1.53. The van der Waals surface area contributed by atoms with Crippen LogP contribution in [0.5, 0.6) is 11.5 Å². The number of methoxy groups -OCH3 is 1. The molecular formula is C16H21ClO4. The minimum Gasteiger partial charge on any atom is -0.493 e. The maximum Gasteiger partial charge on any atom is 0.328 e. The molecule has 0 fully saturated rings. The van der Waals surface area contributed by atoms with E-state index in [-0.39, 0.29) is 0 Å². The Morgan fingerprint density at radius 1 is 1.48 bits per heavy atom. The number of aliphatic carboxylic acids is 1. The van der Waals surface area contributed by atoms with Crippen molar-refractivity contribution in [2.24, 2.45) is 5.92 Å². The van der Waals surface area contributed by atoms with Gasteiger partial charge < -0.3 is 14.6 Å². The van der Waals surface area contributed by atoms with E-state index in [2.05, 4.69) is 13.8 Å². The highest BCUT2D eigenvalue weighted by Gasteiger charge is 2.13. The Morgan fingerprint density at radius 2 is 2.19 bits per heavy atom. The molecule has 21 heavy (non-hydrogen) atoms. The highest BCUT2D eigenvalue weighted by Crippen LogP contribution is 2.36. The Hall–Kier alpha value is -1.68. The first-order chi connectivity index (χ1) is 9.97. The van der Waals surface area contributed by atoms with Gasteiger partial charge in [-0.15, -0.1) is 0 Å². The van der Waals surface area contributed by atoms with Gasteiger partial charge in [-0.1, -0.05) is 31.9 Å². The van der Waals surface area contributed by atoms with Gasteiger partial charge in [0.15, 0.2) is 11.5 Å². The molecule has 116 valence electrons. The molecule has 1 N–H and O–H groups in total. The Morgan fingerprint density at radius 3 is 2.76 bits per heavy atom. The van der Waals surface area contributed by atoms with E-state index in [9.17, 15) is 4.79 Å². The molecule has 0 saturated heterocycles. The number of ether oxygens (including phenoxy) is 2. The maximum atomic E-state index is 10.7. The van der Waals surface area contributed by atoms with Crippen LogP contribution in [0.1, 0.15) is 32.3 Å². The maximum absolute atomic E-state index is 10.7. The van der Waals surface area contributed by atoms with Gasteiger partial charge in [-0.25, -0.2) is 4.79 Å². The molecule has 0 aromatic heterocycles. The van der Waals surface area contributed by atoms with Gasteiger partial charge in [0.1, 0.15) is 0 Å². The monoisotopic (exact) mass is 312 g/mol. The van der Waals surface area contributed by atoms with E-state index >= 15 is 0 Å². The zero-order valence-electron chi connectivity index (χ0n) is 12.6. The van der Waals surface area contributed by atoms with E-state index in [1.807, 2.05) is 0 Å². The fraction of sp³-hybridized carbons (Fsp3) is 0.438. The van der Waals surface area contributed by atoms with Crippen molar-refractivity contribution in [3.05, 3.63) is 28.8 Å². The predicted octanol–water partition coefficient (Wildman–Crippen LogP) is 4.26. The number of carboxylic acid groups (broad SMARTS) is 1. The van der Waals surface area contributed by atoms with Gasteiger partial charge in [-0.05, 0) is 24.5 Å². The van der Waals surface area contributed by atoms with Gasteiger partial charge in [0.05, 0.1) is 13.7 Å². The van der Waals surface area contributed by atoms with Crippen LogP contribution in [0.15, 0.2) is 18.2 Å². The molecule has 4 nitrogen and oxygen atoms in total. The minimum absolute atomic E-state index is 0.409. The Balaban J connectivity index is 3.04. The summed E-state index contributed by atoms with van der Waals surface area (Å²) in [6.07, 6.45) is 4.66. The van der Waals surface area contributed by atoms with Crippen molar-refractivity contribution in [1.82, 2.24) is 0 Å². The topological polar surface area (TPSA) is 55.8 Å². The van der Waals surface area contributed by atoms with E-state index in [0.29, 0.717) is 34.6 Å². The first-order valence-corrected chi connectivity index (χ1v) is 7.27. The van der Waals surface area contributed by atoms with Crippen LogP contribution >= 0.6 is 11.6 Å². The minimum atomic E-state index is -1.03. The summed E-state index contributed by atoms with van der Waals surface area (Å²) in [6.45, 7) is 4.78. The van der Waals surface area contributed by atoms with Crippen molar-refractivity contribution < 1.29 is 19.4 Å². The lowest BCUT2D eigenvalue weighted by atomic mass is 10.1. The Labute approximate surface area is 130 Å². The van der Waals surface area contributed by atoms with Crippen LogP contribution in [0.4, 0.5) is 0 Å². The fourth-order valence-electron chi connectivity index (χ4n) is 1.98. The Kier molecular flexibility index (Phi) is 7.09. The van der Waals surface area contributed by atoms with Crippen LogP contribution < -0.4 is 9.47 Å². The number of benzene rings is 1. The number of carboxylic acids is 1. The highest BCUT2D eigenvalue weighted by molar-refractivity contribution is 6.31. The number of hydrogen-bond acceptors (Lipinski definition) is 3. The second kappa shape index (κ2) is 8.57. The molecule has 1 aromatic rings.